The summed E-state index contributed by atoms with van der Waals surface area (Å²) in [5, 5.41) is 11.4. The quantitative estimate of drug-likeness (QED) is 0.722. The van der Waals surface area contributed by atoms with E-state index in [1.165, 1.54) is 0 Å². The van der Waals surface area contributed by atoms with E-state index in [9.17, 15) is 0 Å². The van der Waals surface area contributed by atoms with Crippen molar-refractivity contribution in [1.29, 1.82) is 0 Å². The third-order valence-electron chi connectivity index (χ3n) is 2.93. The van der Waals surface area contributed by atoms with E-state index >= 15 is 0 Å². The molecule has 0 aliphatic carbocycles. The van der Waals surface area contributed by atoms with Crippen molar-refractivity contribution in [3.8, 4) is 0 Å². The Morgan fingerprint density at radius 2 is 2.00 bits per heavy atom. The largest absolute Gasteiger partial charge is 0.407 e. The van der Waals surface area contributed by atoms with Crippen LogP contribution in [0.3, 0.4) is 0 Å². The second-order valence-electron chi connectivity index (χ2n) is 5.24. The molecule has 1 rings (SSSR count). The van der Waals surface area contributed by atoms with E-state index in [0.29, 0.717) is 30.4 Å². The average Bonchev–Trinajstić information content (AvgIpc) is 2.76. The highest BCUT2D eigenvalue weighted by atomic mass is 16.4. The van der Waals surface area contributed by atoms with Crippen molar-refractivity contribution >= 4 is 6.01 Å². The van der Waals surface area contributed by atoms with Crippen molar-refractivity contribution in [1.82, 2.24) is 15.5 Å². The van der Waals surface area contributed by atoms with E-state index < -0.39 is 0 Å². The van der Waals surface area contributed by atoms with Crippen LogP contribution in [0.1, 0.15) is 46.4 Å². The van der Waals surface area contributed by atoms with Crippen LogP contribution in [0.25, 0.3) is 0 Å². The molecule has 0 aliphatic rings. The van der Waals surface area contributed by atoms with Crippen LogP contribution in [0, 0.1) is 5.92 Å². The third kappa shape index (κ3) is 4.64. The number of hydrogen-bond acceptors (Lipinski definition) is 5. The molecule has 104 valence electrons. The Labute approximate surface area is 110 Å². The van der Waals surface area contributed by atoms with Crippen molar-refractivity contribution in [2.75, 3.05) is 18.5 Å². The summed E-state index contributed by atoms with van der Waals surface area (Å²) in [4.78, 5) is 2.05. The summed E-state index contributed by atoms with van der Waals surface area (Å²) in [5.41, 5.74) is 0. The van der Waals surface area contributed by atoms with Crippen LogP contribution in [-0.2, 0) is 6.54 Å². The minimum Gasteiger partial charge on any atom is -0.407 e. The average molecular weight is 254 g/mol. The molecule has 5 nitrogen and oxygen atoms in total. The topological polar surface area (TPSA) is 54.2 Å². The standard InChI is InChI=1S/C13H26N4O/c1-6-7-14-9-12-15-16-13(18-12)17(5)11(4)8-10(2)3/h10-11,14H,6-9H2,1-5H3. The predicted molar refractivity (Wildman–Crippen MR) is 73.6 cm³/mol. The van der Waals surface area contributed by atoms with Gasteiger partial charge in [-0.2, -0.15) is 0 Å². The molecule has 0 fully saturated rings. The molecule has 0 saturated carbocycles. The predicted octanol–water partition coefficient (Wildman–Crippen LogP) is 2.44. The molecule has 0 bridgehead atoms. The van der Waals surface area contributed by atoms with Gasteiger partial charge in [-0.1, -0.05) is 25.9 Å². The fraction of sp³-hybridized carbons (Fsp3) is 0.846. The molecular weight excluding hydrogens is 228 g/mol. The van der Waals surface area contributed by atoms with Crippen LogP contribution in [-0.4, -0.2) is 29.8 Å². The zero-order valence-electron chi connectivity index (χ0n) is 12.2. The Bertz CT molecular complexity index is 337. The van der Waals surface area contributed by atoms with Crippen molar-refractivity contribution in [3.63, 3.8) is 0 Å². The highest BCUT2D eigenvalue weighted by molar-refractivity contribution is 5.23. The molecular formula is C13H26N4O. The minimum atomic E-state index is 0.405. The monoisotopic (exact) mass is 254 g/mol. The molecule has 1 N–H and O–H groups in total. The zero-order valence-corrected chi connectivity index (χ0v) is 12.2. The van der Waals surface area contributed by atoms with Gasteiger partial charge in [0.05, 0.1) is 6.54 Å². The summed E-state index contributed by atoms with van der Waals surface area (Å²) in [5.74, 6) is 1.32. The first-order valence-electron chi connectivity index (χ1n) is 6.80. The first kappa shape index (κ1) is 15.0. The molecule has 5 heteroatoms. The Morgan fingerprint density at radius 1 is 1.28 bits per heavy atom. The molecule has 0 radical (unpaired) electrons. The summed E-state index contributed by atoms with van der Waals surface area (Å²) >= 11 is 0. The number of aromatic nitrogens is 2. The van der Waals surface area contributed by atoms with Crippen molar-refractivity contribution < 1.29 is 4.42 Å². The lowest BCUT2D eigenvalue weighted by molar-refractivity contribution is 0.437. The van der Waals surface area contributed by atoms with Gasteiger partial charge in [0.1, 0.15) is 0 Å². The smallest absolute Gasteiger partial charge is 0.318 e. The van der Waals surface area contributed by atoms with Crippen LogP contribution < -0.4 is 10.2 Å². The minimum absolute atomic E-state index is 0.405. The molecule has 0 spiro atoms. The highest BCUT2D eigenvalue weighted by Gasteiger charge is 2.17. The maximum atomic E-state index is 5.64. The van der Waals surface area contributed by atoms with Crippen LogP contribution in [0.15, 0.2) is 4.42 Å². The molecule has 0 saturated heterocycles. The normalized spacial score (nSPS) is 13.0. The van der Waals surface area contributed by atoms with Gasteiger partial charge in [0.15, 0.2) is 0 Å². The van der Waals surface area contributed by atoms with Crippen LogP contribution in [0.5, 0.6) is 0 Å². The second kappa shape index (κ2) is 7.36. The summed E-state index contributed by atoms with van der Waals surface area (Å²) in [6.07, 6.45) is 2.22. The Hall–Kier alpha value is -1.10. The SMILES string of the molecule is CCCNCc1nnc(N(C)C(C)CC(C)C)o1. The number of nitrogens with zero attached hydrogens (tertiary/aromatic N) is 3. The lowest BCUT2D eigenvalue weighted by Gasteiger charge is -2.24. The van der Waals surface area contributed by atoms with Gasteiger partial charge in [0, 0.05) is 13.1 Å². The summed E-state index contributed by atoms with van der Waals surface area (Å²) in [7, 11) is 2.00. The summed E-state index contributed by atoms with van der Waals surface area (Å²) < 4.78 is 5.64. The second-order valence-corrected chi connectivity index (χ2v) is 5.24. The number of anilines is 1. The van der Waals surface area contributed by atoms with Gasteiger partial charge in [0.2, 0.25) is 5.89 Å². The van der Waals surface area contributed by atoms with Crippen LogP contribution in [0.2, 0.25) is 0 Å². The van der Waals surface area contributed by atoms with Crippen LogP contribution in [0.4, 0.5) is 6.01 Å². The Balaban J connectivity index is 2.50. The fourth-order valence-electron chi connectivity index (χ4n) is 1.86. The molecule has 1 aromatic rings. The van der Waals surface area contributed by atoms with Crippen molar-refractivity contribution in [2.24, 2.45) is 5.92 Å². The van der Waals surface area contributed by atoms with Gasteiger partial charge in [-0.25, -0.2) is 0 Å². The summed E-state index contributed by atoms with van der Waals surface area (Å²) in [6.45, 7) is 10.4. The molecule has 0 amide bonds. The molecule has 18 heavy (non-hydrogen) atoms. The molecule has 0 aliphatic heterocycles. The van der Waals surface area contributed by atoms with Crippen LogP contribution >= 0.6 is 0 Å². The van der Waals surface area contributed by atoms with Gasteiger partial charge >= 0.3 is 6.01 Å². The van der Waals surface area contributed by atoms with Gasteiger partial charge in [-0.05, 0) is 32.2 Å². The first-order valence-corrected chi connectivity index (χ1v) is 6.80. The zero-order chi connectivity index (χ0) is 13.5. The molecule has 1 heterocycles. The first-order chi connectivity index (χ1) is 8.54. The molecule has 0 aromatic carbocycles. The van der Waals surface area contributed by atoms with Gasteiger partial charge < -0.3 is 14.6 Å². The lowest BCUT2D eigenvalue weighted by atomic mass is 10.0. The number of rotatable bonds is 8. The van der Waals surface area contributed by atoms with E-state index in [4.69, 9.17) is 4.42 Å². The van der Waals surface area contributed by atoms with Gasteiger partial charge in [-0.15, -0.1) is 5.10 Å². The number of hydrogen-bond donors (Lipinski definition) is 1. The Morgan fingerprint density at radius 3 is 2.61 bits per heavy atom. The maximum absolute atomic E-state index is 5.64. The van der Waals surface area contributed by atoms with E-state index in [-0.39, 0.29) is 0 Å². The molecule has 1 unspecified atom stereocenters. The Kier molecular flexibility index (Phi) is 6.12. The van der Waals surface area contributed by atoms with Crippen molar-refractivity contribution in [2.45, 2.75) is 53.1 Å². The third-order valence-corrected chi connectivity index (χ3v) is 2.93. The highest BCUT2D eigenvalue weighted by Crippen LogP contribution is 2.17. The fourth-order valence-corrected chi connectivity index (χ4v) is 1.86. The van der Waals surface area contributed by atoms with E-state index in [1.807, 2.05) is 7.05 Å². The molecule has 1 atom stereocenters. The lowest BCUT2D eigenvalue weighted by Crippen LogP contribution is -2.30. The molecule has 1 aromatic heterocycles. The maximum Gasteiger partial charge on any atom is 0.318 e. The van der Waals surface area contributed by atoms with E-state index in [0.717, 1.165) is 19.4 Å². The van der Waals surface area contributed by atoms with Gasteiger partial charge in [-0.3, -0.25) is 0 Å². The van der Waals surface area contributed by atoms with Crippen molar-refractivity contribution in [3.05, 3.63) is 5.89 Å². The van der Waals surface area contributed by atoms with E-state index in [1.54, 1.807) is 0 Å². The summed E-state index contributed by atoms with van der Waals surface area (Å²) in [6, 6.07) is 1.01. The number of nitrogens with one attached hydrogen (secondary N) is 1. The van der Waals surface area contributed by atoms with E-state index in [2.05, 4.69) is 48.1 Å². The van der Waals surface area contributed by atoms with Gasteiger partial charge in [0.25, 0.3) is 0 Å².